The molecule has 176 valence electrons. The van der Waals surface area contributed by atoms with Crippen LogP contribution in [0.2, 0.25) is 0 Å². The largest absolute Gasteiger partial charge is 0.466 e. The SMILES string of the molecule is CCOC(=O)C1CCC(N2CCCC2)=CC1=CC=Cc1sc2ccc3ccccc3c2[n+]1CC. The average Bonchev–Trinajstić information content (AvgIpc) is 3.52. The summed E-state index contributed by atoms with van der Waals surface area (Å²) in [6, 6.07) is 13.0. The van der Waals surface area contributed by atoms with Crippen LogP contribution in [0.1, 0.15) is 44.5 Å². The van der Waals surface area contributed by atoms with Crippen LogP contribution in [0.3, 0.4) is 0 Å². The standard InChI is InChI=1S/C29H33N2O2S/c1-3-31-27(34-26-17-14-21-10-5-6-12-24(21)28(26)31)13-9-11-22-20-23(30-18-7-8-19-30)15-16-25(22)29(32)33-4-2/h5-6,9-14,17,20,25H,3-4,7-8,15-16,18-19H2,1-2H3/q+1. The first-order chi connectivity index (χ1) is 16.7. The van der Waals surface area contributed by atoms with Gasteiger partial charge in [0.2, 0.25) is 5.52 Å². The Balaban J connectivity index is 1.50. The van der Waals surface area contributed by atoms with Crippen LogP contribution in [0.5, 0.6) is 0 Å². The van der Waals surface area contributed by atoms with Crippen molar-refractivity contribution in [2.75, 3.05) is 19.7 Å². The molecule has 1 unspecified atom stereocenters. The zero-order valence-corrected chi connectivity index (χ0v) is 20.9. The molecule has 0 amide bonds. The number of nitrogens with zero attached hydrogens (tertiary/aromatic N) is 2. The highest BCUT2D eigenvalue weighted by Gasteiger charge is 2.29. The van der Waals surface area contributed by atoms with Crippen LogP contribution in [0.25, 0.3) is 27.1 Å². The Bertz CT molecular complexity index is 1290. The number of carbonyl (C=O) groups excluding carboxylic acids is 1. The number of thiazole rings is 1. The van der Waals surface area contributed by atoms with Crippen molar-refractivity contribution in [3.63, 3.8) is 0 Å². The van der Waals surface area contributed by atoms with Gasteiger partial charge in [0.05, 0.1) is 17.9 Å². The molecule has 5 rings (SSSR count). The van der Waals surface area contributed by atoms with Gasteiger partial charge in [-0.15, -0.1) is 0 Å². The van der Waals surface area contributed by atoms with Crippen molar-refractivity contribution < 1.29 is 14.1 Å². The number of aromatic nitrogens is 1. The minimum absolute atomic E-state index is 0.101. The molecule has 1 fully saturated rings. The zero-order valence-electron chi connectivity index (χ0n) is 20.1. The number of rotatable bonds is 6. The number of benzene rings is 2. The molecule has 2 aromatic carbocycles. The summed E-state index contributed by atoms with van der Waals surface area (Å²) in [4.78, 5) is 15.2. The molecule has 0 saturated carbocycles. The van der Waals surface area contributed by atoms with Crippen LogP contribution in [0.4, 0.5) is 0 Å². The van der Waals surface area contributed by atoms with Crippen LogP contribution >= 0.6 is 11.3 Å². The lowest BCUT2D eigenvalue weighted by molar-refractivity contribution is -0.664. The summed E-state index contributed by atoms with van der Waals surface area (Å²) in [5.74, 6) is -0.281. The topological polar surface area (TPSA) is 33.4 Å². The molecule has 1 aliphatic carbocycles. The summed E-state index contributed by atoms with van der Waals surface area (Å²) >= 11 is 1.82. The summed E-state index contributed by atoms with van der Waals surface area (Å²) < 4.78 is 9.10. The summed E-state index contributed by atoms with van der Waals surface area (Å²) in [5.41, 5.74) is 3.74. The van der Waals surface area contributed by atoms with Gasteiger partial charge in [0, 0.05) is 24.9 Å². The third-order valence-electron chi connectivity index (χ3n) is 6.97. The number of fused-ring (bicyclic) bond motifs is 3. The molecule has 1 atom stereocenters. The van der Waals surface area contributed by atoms with Gasteiger partial charge in [0.25, 0.3) is 5.01 Å². The van der Waals surface area contributed by atoms with E-state index < -0.39 is 0 Å². The van der Waals surface area contributed by atoms with Crippen LogP contribution in [0.15, 0.2) is 65.9 Å². The molecule has 0 spiro atoms. The number of carbonyl (C=O) groups is 1. The van der Waals surface area contributed by atoms with Crippen LogP contribution in [-0.2, 0) is 16.1 Å². The summed E-state index contributed by atoms with van der Waals surface area (Å²) in [7, 11) is 0. The Morgan fingerprint density at radius 1 is 1.18 bits per heavy atom. The third kappa shape index (κ3) is 4.41. The Morgan fingerprint density at radius 3 is 2.79 bits per heavy atom. The van der Waals surface area contributed by atoms with E-state index >= 15 is 0 Å². The normalized spacial score (nSPS) is 20.1. The molecule has 3 aromatic rings. The molecule has 0 bridgehead atoms. The lowest BCUT2D eigenvalue weighted by Gasteiger charge is -2.29. The lowest BCUT2D eigenvalue weighted by Crippen LogP contribution is -2.33. The average molecular weight is 474 g/mol. The molecule has 1 aliphatic heterocycles. The highest BCUT2D eigenvalue weighted by atomic mass is 32.1. The number of ether oxygens (including phenoxy) is 1. The van der Waals surface area contributed by atoms with Crippen molar-refractivity contribution in [3.8, 4) is 0 Å². The second kappa shape index (κ2) is 10.1. The fourth-order valence-electron chi connectivity index (χ4n) is 5.29. The van der Waals surface area contributed by atoms with Crippen molar-refractivity contribution in [1.82, 2.24) is 4.90 Å². The lowest BCUT2D eigenvalue weighted by atomic mass is 9.86. The summed E-state index contributed by atoms with van der Waals surface area (Å²) in [5, 5.41) is 3.79. The predicted octanol–water partition coefficient (Wildman–Crippen LogP) is 6.25. The van der Waals surface area contributed by atoms with Gasteiger partial charge in [-0.05, 0) is 68.7 Å². The molecule has 34 heavy (non-hydrogen) atoms. The maximum Gasteiger partial charge on any atom is 0.313 e. The Morgan fingerprint density at radius 2 is 2.00 bits per heavy atom. The first kappa shape index (κ1) is 22.9. The van der Waals surface area contributed by atoms with Gasteiger partial charge in [0.15, 0.2) is 0 Å². The molecule has 0 radical (unpaired) electrons. The first-order valence-electron chi connectivity index (χ1n) is 12.5. The molecule has 2 aliphatic rings. The van der Waals surface area contributed by atoms with Crippen molar-refractivity contribution in [2.24, 2.45) is 5.92 Å². The quantitative estimate of drug-likeness (QED) is 0.313. The van der Waals surface area contributed by atoms with Crippen molar-refractivity contribution in [3.05, 3.63) is 70.9 Å². The molecular formula is C29H33N2O2S+. The van der Waals surface area contributed by atoms with E-state index in [1.54, 1.807) is 0 Å². The van der Waals surface area contributed by atoms with Crippen molar-refractivity contribution in [2.45, 2.75) is 46.1 Å². The number of allylic oxidation sites excluding steroid dienone is 4. The van der Waals surface area contributed by atoms with Crippen molar-refractivity contribution in [1.29, 1.82) is 0 Å². The van der Waals surface area contributed by atoms with E-state index in [-0.39, 0.29) is 11.9 Å². The van der Waals surface area contributed by atoms with Gasteiger partial charge in [-0.2, -0.15) is 4.57 Å². The Hall–Kier alpha value is -2.92. The molecule has 4 nitrogen and oxygen atoms in total. The number of esters is 1. The van der Waals surface area contributed by atoms with E-state index in [2.05, 4.69) is 77.1 Å². The van der Waals surface area contributed by atoms with Crippen LogP contribution < -0.4 is 4.57 Å². The maximum absolute atomic E-state index is 12.7. The minimum atomic E-state index is -0.180. The molecule has 5 heteroatoms. The summed E-state index contributed by atoms with van der Waals surface area (Å²) in [6.45, 7) is 7.68. The van der Waals surface area contributed by atoms with E-state index in [0.29, 0.717) is 6.61 Å². The number of aryl methyl sites for hydroxylation is 1. The van der Waals surface area contributed by atoms with E-state index in [9.17, 15) is 4.79 Å². The fourth-order valence-corrected chi connectivity index (χ4v) is 6.45. The maximum atomic E-state index is 12.7. The van der Waals surface area contributed by atoms with Gasteiger partial charge in [-0.1, -0.05) is 47.8 Å². The van der Waals surface area contributed by atoms with E-state index in [0.717, 1.165) is 38.0 Å². The smallest absolute Gasteiger partial charge is 0.313 e. The molecular weight excluding hydrogens is 440 g/mol. The van der Waals surface area contributed by atoms with E-state index in [1.807, 2.05) is 18.3 Å². The van der Waals surface area contributed by atoms with E-state index in [4.69, 9.17) is 4.74 Å². The predicted molar refractivity (Wildman–Crippen MR) is 141 cm³/mol. The number of likely N-dealkylation sites (tertiary alicyclic amines) is 1. The summed E-state index contributed by atoms with van der Waals surface area (Å²) in [6.07, 6.45) is 13.0. The molecule has 2 heterocycles. The number of hydrogen-bond donors (Lipinski definition) is 0. The van der Waals surface area contributed by atoms with Gasteiger partial charge in [-0.25, -0.2) is 0 Å². The molecule has 1 saturated heterocycles. The Labute approximate surface area is 205 Å². The first-order valence-corrected chi connectivity index (χ1v) is 13.4. The van der Waals surface area contributed by atoms with Gasteiger partial charge in [-0.3, -0.25) is 4.79 Å². The Kier molecular flexibility index (Phi) is 6.82. The molecule has 1 aromatic heterocycles. The third-order valence-corrected chi connectivity index (χ3v) is 8.08. The zero-order chi connectivity index (χ0) is 23.5. The second-order valence-electron chi connectivity index (χ2n) is 9.02. The van der Waals surface area contributed by atoms with Crippen LogP contribution in [0, 0.1) is 5.92 Å². The monoisotopic (exact) mass is 473 g/mol. The number of hydrogen-bond acceptors (Lipinski definition) is 4. The molecule has 0 N–H and O–H groups in total. The highest BCUT2D eigenvalue weighted by molar-refractivity contribution is 7.19. The van der Waals surface area contributed by atoms with Crippen molar-refractivity contribution >= 4 is 44.4 Å². The minimum Gasteiger partial charge on any atom is -0.466 e. The van der Waals surface area contributed by atoms with Gasteiger partial charge >= 0.3 is 5.97 Å². The van der Waals surface area contributed by atoms with Gasteiger partial charge in [0.1, 0.15) is 11.2 Å². The highest BCUT2D eigenvalue weighted by Crippen LogP contribution is 2.33. The van der Waals surface area contributed by atoms with E-state index in [1.165, 1.54) is 44.5 Å². The fraction of sp³-hybridized carbons (Fsp3) is 0.379. The van der Waals surface area contributed by atoms with Gasteiger partial charge < -0.3 is 9.64 Å². The second-order valence-corrected chi connectivity index (χ2v) is 10.1. The van der Waals surface area contributed by atoms with Crippen LogP contribution in [-0.4, -0.2) is 30.6 Å².